The normalized spacial score (nSPS) is 15.6. The van der Waals surface area contributed by atoms with E-state index in [1.54, 1.807) is 0 Å². The van der Waals surface area contributed by atoms with E-state index < -0.39 is 24.0 Å². The molecule has 1 atom stereocenters. The van der Waals surface area contributed by atoms with E-state index in [4.69, 9.17) is 0 Å². The molecule has 1 aromatic rings. The summed E-state index contributed by atoms with van der Waals surface area (Å²) < 4.78 is 72.9. The first-order chi connectivity index (χ1) is 6.26. The molecule has 1 unspecified atom stereocenters. The van der Waals surface area contributed by atoms with Gasteiger partial charge in [-0.15, -0.1) is 0 Å². The number of halogens is 6. The molecule has 0 saturated heterocycles. The fraction of sp³-hybridized carbons (Fsp3) is 0.429. The first kappa shape index (κ1) is 10.9. The molecule has 0 saturated carbocycles. The average molecular weight is 217 g/mol. The van der Waals surface area contributed by atoms with Crippen LogP contribution in [0.1, 0.15) is 5.69 Å². The van der Waals surface area contributed by atoms with Gasteiger partial charge in [-0.1, -0.05) is 0 Å². The van der Waals surface area contributed by atoms with Gasteiger partial charge in [0.15, 0.2) is 0 Å². The van der Waals surface area contributed by atoms with Crippen LogP contribution in [0.5, 0.6) is 0 Å². The van der Waals surface area contributed by atoms with Crippen LogP contribution in [0.4, 0.5) is 26.3 Å². The second-order valence-corrected chi connectivity index (χ2v) is 2.61. The summed E-state index contributed by atoms with van der Waals surface area (Å²) in [6.45, 7) is 0. The van der Waals surface area contributed by atoms with Crippen molar-refractivity contribution in [2.75, 3.05) is 0 Å². The molecular formula is C7H5F6N. The molecule has 0 amide bonds. The van der Waals surface area contributed by atoms with Gasteiger partial charge in [0.1, 0.15) is 0 Å². The number of aromatic nitrogens is 1. The van der Waals surface area contributed by atoms with E-state index >= 15 is 0 Å². The average Bonchev–Trinajstić information content (AvgIpc) is 2.53. The standard InChI is InChI=1S/C7H5F6N/c8-5(7(11,12)13)6(9,10)4-2-1-3-14-4/h1-3,5,14H. The molecule has 0 aliphatic carbocycles. The lowest BCUT2D eigenvalue weighted by atomic mass is 10.1. The fourth-order valence-electron chi connectivity index (χ4n) is 0.880. The Kier molecular flexibility index (Phi) is 2.51. The van der Waals surface area contributed by atoms with Crippen molar-refractivity contribution in [2.45, 2.75) is 18.3 Å². The maximum Gasteiger partial charge on any atom is 0.426 e. The molecule has 0 spiro atoms. The highest BCUT2D eigenvalue weighted by molar-refractivity contribution is 5.13. The Morgan fingerprint density at radius 1 is 1.14 bits per heavy atom. The van der Waals surface area contributed by atoms with Gasteiger partial charge in [-0.3, -0.25) is 0 Å². The largest absolute Gasteiger partial charge is 0.426 e. The third kappa shape index (κ3) is 1.85. The Labute approximate surface area is 74.7 Å². The predicted molar refractivity (Wildman–Crippen MR) is 35.6 cm³/mol. The predicted octanol–water partition coefficient (Wildman–Crippen LogP) is 3.01. The van der Waals surface area contributed by atoms with E-state index in [0.717, 1.165) is 12.3 Å². The number of hydrogen-bond donors (Lipinski definition) is 1. The monoisotopic (exact) mass is 217 g/mol. The van der Waals surface area contributed by atoms with Crippen LogP contribution in [-0.2, 0) is 5.92 Å². The summed E-state index contributed by atoms with van der Waals surface area (Å²) in [5.74, 6) is -4.58. The number of aromatic amines is 1. The van der Waals surface area contributed by atoms with Crippen molar-refractivity contribution in [3.05, 3.63) is 24.0 Å². The summed E-state index contributed by atoms with van der Waals surface area (Å²) in [6.07, 6.45) is -8.78. The number of nitrogens with one attached hydrogen (secondary N) is 1. The van der Waals surface area contributed by atoms with Crippen LogP contribution >= 0.6 is 0 Å². The van der Waals surface area contributed by atoms with Crippen LogP contribution in [-0.4, -0.2) is 17.3 Å². The van der Waals surface area contributed by atoms with Crippen molar-refractivity contribution in [2.24, 2.45) is 0 Å². The minimum atomic E-state index is -5.57. The molecule has 1 N–H and O–H groups in total. The van der Waals surface area contributed by atoms with Crippen molar-refractivity contribution in [1.82, 2.24) is 4.98 Å². The van der Waals surface area contributed by atoms with Crippen molar-refractivity contribution >= 4 is 0 Å². The van der Waals surface area contributed by atoms with E-state index in [1.807, 2.05) is 4.98 Å². The molecule has 0 fully saturated rings. The van der Waals surface area contributed by atoms with E-state index in [1.165, 1.54) is 0 Å². The second kappa shape index (κ2) is 3.21. The smallest absolute Gasteiger partial charge is 0.360 e. The van der Waals surface area contributed by atoms with Gasteiger partial charge in [0.05, 0.1) is 5.69 Å². The number of rotatable bonds is 2. The van der Waals surface area contributed by atoms with Gasteiger partial charge < -0.3 is 4.98 Å². The Morgan fingerprint density at radius 3 is 2.07 bits per heavy atom. The number of alkyl halides is 6. The maximum absolute atomic E-state index is 12.8. The quantitative estimate of drug-likeness (QED) is 0.733. The van der Waals surface area contributed by atoms with E-state index in [-0.39, 0.29) is 0 Å². The van der Waals surface area contributed by atoms with Crippen LogP contribution in [0, 0.1) is 0 Å². The van der Waals surface area contributed by atoms with E-state index in [2.05, 4.69) is 0 Å². The molecule has 1 rings (SSSR count). The van der Waals surface area contributed by atoms with Crippen LogP contribution < -0.4 is 0 Å². The lowest BCUT2D eigenvalue weighted by molar-refractivity contribution is -0.249. The number of hydrogen-bond acceptors (Lipinski definition) is 0. The summed E-state index contributed by atoms with van der Waals surface area (Å²) in [4.78, 5) is 1.84. The lowest BCUT2D eigenvalue weighted by Crippen LogP contribution is -2.39. The van der Waals surface area contributed by atoms with Crippen LogP contribution in [0.25, 0.3) is 0 Å². The Bertz CT molecular complexity index is 288. The first-order valence-corrected chi connectivity index (χ1v) is 3.48. The SMILES string of the molecule is FC(C(F)(F)F)C(F)(F)c1ccc[nH]1. The Hall–Kier alpha value is -1.14. The molecule has 0 aliphatic rings. The zero-order valence-electron chi connectivity index (χ0n) is 6.58. The van der Waals surface area contributed by atoms with Crippen molar-refractivity contribution in [3.8, 4) is 0 Å². The van der Waals surface area contributed by atoms with Gasteiger partial charge in [0.25, 0.3) is 6.17 Å². The molecule has 80 valence electrons. The third-order valence-corrected chi connectivity index (χ3v) is 1.56. The summed E-state index contributed by atoms with van der Waals surface area (Å²) in [6, 6.07) is 1.75. The zero-order valence-corrected chi connectivity index (χ0v) is 6.58. The molecule has 0 radical (unpaired) electrons. The molecule has 0 aromatic carbocycles. The topological polar surface area (TPSA) is 15.8 Å². The maximum atomic E-state index is 12.8. The molecule has 7 heteroatoms. The zero-order chi connectivity index (χ0) is 11.0. The van der Waals surface area contributed by atoms with Gasteiger partial charge in [-0.2, -0.15) is 22.0 Å². The fourth-order valence-corrected chi connectivity index (χ4v) is 0.880. The summed E-state index contributed by atoms with van der Waals surface area (Å²) in [5, 5.41) is 0. The first-order valence-electron chi connectivity index (χ1n) is 3.48. The van der Waals surface area contributed by atoms with Crippen molar-refractivity contribution in [1.29, 1.82) is 0 Å². The summed E-state index contributed by atoms with van der Waals surface area (Å²) >= 11 is 0. The van der Waals surface area contributed by atoms with Gasteiger partial charge in [0.2, 0.25) is 0 Å². The molecule has 1 nitrogen and oxygen atoms in total. The Balaban J connectivity index is 2.96. The molecule has 0 bridgehead atoms. The molecular weight excluding hydrogens is 212 g/mol. The highest BCUT2D eigenvalue weighted by Gasteiger charge is 2.58. The Morgan fingerprint density at radius 2 is 1.71 bits per heavy atom. The van der Waals surface area contributed by atoms with Crippen molar-refractivity contribution < 1.29 is 26.3 Å². The van der Waals surface area contributed by atoms with E-state index in [0.29, 0.717) is 6.07 Å². The summed E-state index contributed by atoms with van der Waals surface area (Å²) in [5.41, 5.74) is -1.10. The molecule has 1 heterocycles. The van der Waals surface area contributed by atoms with Gasteiger partial charge in [-0.25, -0.2) is 4.39 Å². The van der Waals surface area contributed by atoms with E-state index in [9.17, 15) is 26.3 Å². The minimum absolute atomic E-state index is 0.693. The van der Waals surface area contributed by atoms with Crippen molar-refractivity contribution in [3.63, 3.8) is 0 Å². The molecule has 14 heavy (non-hydrogen) atoms. The number of H-pyrrole nitrogens is 1. The lowest BCUT2D eigenvalue weighted by Gasteiger charge is -2.21. The van der Waals surface area contributed by atoms with Crippen LogP contribution in [0.3, 0.4) is 0 Å². The van der Waals surface area contributed by atoms with Gasteiger partial charge in [-0.05, 0) is 12.1 Å². The molecule has 1 aromatic heterocycles. The van der Waals surface area contributed by atoms with Crippen LogP contribution in [0.2, 0.25) is 0 Å². The van der Waals surface area contributed by atoms with Gasteiger partial charge in [0, 0.05) is 6.20 Å². The minimum Gasteiger partial charge on any atom is -0.360 e. The van der Waals surface area contributed by atoms with Gasteiger partial charge >= 0.3 is 12.1 Å². The highest BCUT2D eigenvalue weighted by atomic mass is 19.4. The third-order valence-electron chi connectivity index (χ3n) is 1.56. The summed E-state index contributed by atoms with van der Waals surface area (Å²) in [7, 11) is 0. The second-order valence-electron chi connectivity index (χ2n) is 2.61. The highest BCUT2D eigenvalue weighted by Crippen LogP contribution is 2.40. The molecule has 0 aliphatic heterocycles. The van der Waals surface area contributed by atoms with Crippen LogP contribution in [0.15, 0.2) is 18.3 Å².